The second-order valence-electron chi connectivity index (χ2n) is 6.03. The van der Waals surface area contributed by atoms with Gasteiger partial charge in [0, 0.05) is 0 Å². The molecule has 5 rings (SSSR count). The first-order chi connectivity index (χ1) is 11.7. The van der Waals surface area contributed by atoms with Crippen LogP contribution in [0.15, 0.2) is 66.7 Å². The Morgan fingerprint density at radius 2 is 1.17 bits per heavy atom. The first-order valence-corrected chi connectivity index (χ1v) is 7.84. The van der Waals surface area contributed by atoms with E-state index in [1.807, 2.05) is 24.3 Å². The van der Waals surface area contributed by atoms with Gasteiger partial charge in [0.2, 0.25) is 0 Å². The smallest absolute Gasteiger partial charge is 0.512 e. The Morgan fingerprint density at radius 3 is 1.79 bits per heavy atom. The highest BCUT2D eigenvalue weighted by atomic mass is 16.6. The molecule has 24 heavy (non-hydrogen) atoms. The second-order valence-corrected chi connectivity index (χ2v) is 6.03. The normalized spacial score (nSPS) is 11.8. The first-order valence-electron chi connectivity index (χ1n) is 7.84. The number of benzene rings is 5. The van der Waals surface area contributed by atoms with Gasteiger partial charge >= 0.3 is 7.32 Å². The molecule has 0 radical (unpaired) electrons. The highest BCUT2D eigenvalue weighted by Crippen LogP contribution is 2.41. The summed E-state index contributed by atoms with van der Waals surface area (Å²) in [6.45, 7) is 0. The van der Waals surface area contributed by atoms with Crippen LogP contribution in [0.1, 0.15) is 0 Å². The number of fused-ring (bicyclic) bond motifs is 2. The van der Waals surface area contributed by atoms with E-state index in [1.54, 1.807) is 0 Å². The van der Waals surface area contributed by atoms with Gasteiger partial charge in [-0.1, -0.05) is 54.6 Å². The average Bonchev–Trinajstić information content (AvgIpc) is 2.58. The van der Waals surface area contributed by atoms with E-state index in [0.717, 1.165) is 16.2 Å². The van der Waals surface area contributed by atoms with Gasteiger partial charge in [0.15, 0.2) is 0 Å². The Bertz CT molecular complexity index is 1210. The van der Waals surface area contributed by atoms with Crippen LogP contribution >= 0.6 is 0 Å². The monoisotopic (exact) mass is 312 g/mol. The fourth-order valence-electron chi connectivity index (χ4n) is 3.82. The molecule has 4 heteroatoms. The molecule has 0 heterocycles. The molecule has 3 nitrogen and oxygen atoms in total. The van der Waals surface area contributed by atoms with Crippen molar-refractivity contribution >= 4 is 50.4 Å². The van der Waals surface area contributed by atoms with Crippen LogP contribution in [0.2, 0.25) is 0 Å². The lowest BCUT2D eigenvalue weighted by Gasteiger charge is -2.15. The molecule has 0 aliphatic rings. The molecule has 0 amide bonds. The van der Waals surface area contributed by atoms with Gasteiger partial charge in [0.05, 0.1) is 0 Å². The number of hydrogen-bond acceptors (Lipinski definition) is 3. The number of hydrogen-bond donors (Lipinski definition) is 2. The third-order valence-electron chi connectivity index (χ3n) is 4.68. The molecular weight excluding hydrogens is 299 g/mol. The van der Waals surface area contributed by atoms with E-state index in [9.17, 15) is 0 Å². The molecule has 0 unspecified atom stereocenters. The van der Waals surface area contributed by atoms with Crippen molar-refractivity contribution in [3.63, 3.8) is 0 Å². The van der Waals surface area contributed by atoms with E-state index in [1.165, 1.54) is 26.9 Å². The van der Waals surface area contributed by atoms with Crippen molar-refractivity contribution < 1.29 is 14.7 Å². The molecule has 5 aromatic rings. The van der Waals surface area contributed by atoms with Gasteiger partial charge in [-0.2, -0.15) is 0 Å². The summed E-state index contributed by atoms with van der Waals surface area (Å²) >= 11 is 0. The molecule has 0 saturated heterocycles. The van der Waals surface area contributed by atoms with Gasteiger partial charge in [-0.05, 0) is 55.2 Å². The Balaban J connectivity index is 2.07. The van der Waals surface area contributed by atoms with Gasteiger partial charge in [0.25, 0.3) is 0 Å². The molecule has 0 spiro atoms. The van der Waals surface area contributed by atoms with Gasteiger partial charge < -0.3 is 14.7 Å². The second kappa shape index (κ2) is 4.84. The molecule has 0 aliphatic heterocycles. The van der Waals surface area contributed by atoms with E-state index in [0.29, 0.717) is 5.75 Å². The zero-order valence-electron chi connectivity index (χ0n) is 12.7. The molecule has 0 aliphatic carbocycles. The third kappa shape index (κ3) is 1.81. The maximum Gasteiger partial charge on any atom is 0.707 e. The summed E-state index contributed by atoms with van der Waals surface area (Å²) in [7, 11) is -1.83. The van der Waals surface area contributed by atoms with E-state index in [4.69, 9.17) is 14.7 Å². The minimum atomic E-state index is -1.83. The summed E-state index contributed by atoms with van der Waals surface area (Å²) in [6.07, 6.45) is 0. The van der Waals surface area contributed by atoms with E-state index < -0.39 is 7.32 Å². The molecule has 114 valence electrons. The summed E-state index contributed by atoms with van der Waals surface area (Å²) in [4.78, 5) is 0. The molecule has 0 saturated carbocycles. The van der Waals surface area contributed by atoms with Crippen molar-refractivity contribution in [3.8, 4) is 5.75 Å². The SMILES string of the molecule is OB(O)Oc1cc2cccc3c4cccc5cccc(c(c1)c23)c54. The topological polar surface area (TPSA) is 49.7 Å². The maximum atomic E-state index is 9.15. The Labute approximate surface area is 138 Å². The van der Waals surface area contributed by atoms with Gasteiger partial charge in [-0.3, -0.25) is 0 Å². The van der Waals surface area contributed by atoms with Crippen LogP contribution in [0.25, 0.3) is 43.1 Å². The Kier molecular flexibility index (Phi) is 2.74. The van der Waals surface area contributed by atoms with Gasteiger partial charge in [0.1, 0.15) is 5.75 Å². The standard InChI is InChI=1S/C20H13BO3/c22-21(23)24-14-10-13-6-3-8-16-15-7-1-4-12-5-2-9-17(19(12)15)18(11-14)20(13)16/h1-11,22-23H. The molecule has 5 aromatic carbocycles. The van der Waals surface area contributed by atoms with Crippen LogP contribution in [0.3, 0.4) is 0 Å². The third-order valence-corrected chi connectivity index (χ3v) is 4.68. The summed E-state index contributed by atoms with van der Waals surface area (Å²) in [5.74, 6) is 0.445. The quantitative estimate of drug-likeness (QED) is 0.293. The molecule has 0 atom stereocenters. The lowest BCUT2D eigenvalue weighted by Crippen LogP contribution is -2.20. The summed E-state index contributed by atoms with van der Waals surface area (Å²) in [5.41, 5.74) is 0. The number of rotatable bonds is 2. The molecule has 0 aromatic heterocycles. The van der Waals surface area contributed by atoms with Crippen molar-refractivity contribution in [2.75, 3.05) is 0 Å². The summed E-state index contributed by atoms with van der Waals surface area (Å²) in [6, 6.07) is 22.5. The highest BCUT2D eigenvalue weighted by Gasteiger charge is 2.16. The lowest BCUT2D eigenvalue weighted by atomic mass is 9.90. The Hall–Kier alpha value is -2.82. The molecule has 0 bridgehead atoms. The van der Waals surface area contributed by atoms with Crippen LogP contribution < -0.4 is 4.65 Å². The fraction of sp³-hybridized carbons (Fsp3) is 0. The summed E-state index contributed by atoms with van der Waals surface area (Å²) in [5, 5.41) is 27.5. The first kappa shape index (κ1) is 13.6. The predicted octanol–water partition coefficient (Wildman–Crippen LogP) is 4.09. The van der Waals surface area contributed by atoms with Crippen molar-refractivity contribution in [3.05, 3.63) is 66.7 Å². The van der Waals surface area contributed by atoms with Crippen molar-refractivity contribution in [1.29, 1.82) is 0 Å². The van der Waals surface area contributed by atoms with E-state index >= 15 is 0 Å². The average molecular weight is 312 g/mol. The zero-order chi connectivity index (χ0) is 16.3. The Morgan fingerprint density at radius 1 is 0.625 bits per heavy atom. The highest BCUT2D eigenvalue weighted by molar-refractivity contribution is 6.35. The predicted molar refractivity (Wildman–Crippen MR) is 98.5 cm³/mol. The van der Waals surface area contributed by atoms with Crippen LogP contribution in [0.5, 0.6) is 5.75 Å². The van der Waals surface area contributed by atoms with Crippen LogP contribution in [0.4, 0.5) is 0 Å². The molecule has 2 N–H and O–H groups in total. The minimum Gasteiger partial charge on any atom is -0.512 e. The van der Waals surface area contributed by atoms with Crippen molar-refractivity contribution in [1.82, 2.24) is 0 Å². The van der Waals surface area contributed by atoms with Gasteiger partial charge in [-0.25, -0.2) is 0 Å². The fourth-order valence-corrected chi connectivity index (χ4v) is 3.82. The van der Waals surface area contributed by atoms with Crippen molar-refractivity contribution in [2.45, 2.75) is 0 Å². The van der Waals surface area contributed by atoms with Crippen LogP contribution in [0, 0.1) is 0 Å². The largest absolute Gasteiger partial charge is 0.707 e. The zero-order valence-corrected chi connectivity index (χ0v) is 12.7. The van der Waals surface area contributed by atoms with Crippen molar-refractivity contribution in [2.24, 2.45) is 0 Å². The molecule has 0 fully saturated rings. The molecular formula is C20H13BO3. The van der Waals surface area contributed by atoms with Gasteiger partial charge in [-0.15, -0.1) is 0 Å². The minimum absolute atomic E-state index is 0.445. The summed E-state index contributed by atoms with van der Waals surface area (Å²) < 4.78 is 5.12. The van der Waals surface area contributed by atoms with E-state index in [-0.39, 0.29) is 0 Å². The lowest BCUT2D eigenvalue weighted by molar-refractivity contribution is 0.288. The van der Waals surface area contributed by atoms with Crippen LogP contribution in [-0.4, -0.2) is 17.4 Å². The van der Waals surface area contributed by atoms with E-state index in [2.05, 4.69) is 42.5 Å². The van der Waals surface area contributed by atoms with Crippen LogP contribution in [-0.2, 0) is 0 Å². The maximum absolute atomic E-state index is 9.15.